The minimum atomic E-state index is 1.05. The Morgan fingerprint density at radius 2 is 2.30 bits per heavy atom. The lowest BCUT2D eigenvalue weighted by molar-refractivity contribution is -0.347. The van der Waals surface area contributed by atoms with Crippen molar-refractivity contribution < 1.29 is 4.98 Å². The van der Waals surface area contributed by atoms with Crippen molar-refractivity contribution in [2.75, 3.05) is 0 Å². The standard InChI is InChI=1S/C7H5BrN2/c8-6-2-4-10-7-5(6)1-3-9-7/h1-4H,(H,9,10)/p+1. The highest BCUT2D eigenvalue weighted by Gasteiger charge is 2.02. The normalized spacial score (nSPS) is 10.5. The van der Waals surface area contributed by atoms with Crippen LogP contribution in [0.25, 0.3) is 11.0 Å². The van der Waals surface area contributed by atoms with E-state index in [2.05, 4.69) is 25.9 Å². The number of H-pyrrole nitrogens is 2. The molecule has 2 heterocycles. The van der Waals surface area contributed by atoms with E-state index in [1.165, 1.54) is 5.39 Å². The molecule has 2 aromatic heterocycles. The van der Waals surface area contributed by atoms with Gasteiger partial charge in [0.15, 0.2) is 0 Å². The van der Waals surface area contributed by atoms with E-state index in [1.54, 1.807) is 0 Å². The number of hydrogen-bond acceptors (Lipinski definition) is 0. The number of pyridine rings is 1. The Morgan fingerprint density at radius 1 is 1.40 bits per heavy atom. The second-order valence-corrected chi connectivity index (χ2v) is 2.95. The van der Waals surface area contributed by atoms with E-state index < -0.39 is 0 Å². The zero-order valence-electron chi connectivity index (χ0n) is 5.19. The van der Waals surface area contributed by atoms with Gasteiger partial charge in [0, 0.05) is 4.47 Å². The minimum absolute atomic E-state index is 1.05. The van der Waals surface area contributed by atoms with Crippen molar-refractivity contribution in [3.8, 4) is 0 Å². The lowest BCUT2D eigenvalue weighted by Gasteiger charge is -1.85. The van der Waals surface area contributed by atoms with Gasteiger partial charge in [-0.25, -0.2) is 9.97 Å². The number of hydrogen-bond donors (Lipinski definition) is 1. The Kier molecular flexibility index (Phi) is 1.24. The number of nitrogens with one attached hydrogen (secondary N) is 2. The molecule has 3 heteroatoms. The average Bonchev–Trinajstić information content (AvgIpc) is 2.36. The van der Waals surface area contributed by atoms with Gasteiger partial charge in [0.1, 0.15) is 0 Å². The van der Waals surface area contributed by atoms with Gasteiger partial charge in [-0.05, 0) is 28.1 Å². The fourth-order valence-corrected chi connectivity index (χ4v) is 1.44. The van der Waals surface area contributed by atoms with Crippen LogP contribution in [0.2, 0.25) is 0 Å². The van der Waals surface area contributed by atoms with Crippen LogP contribution in [0.15, 0.2) is 29.0 Å². The molecule has 0 aliphatic carbocycles. The molecule has 0 saturated carbocycles. The van der Waals surface area contributed by atoms with Crippen molar-refractivity contribution in [2.45, 2.75) is 0 Å². The van der Waals surface area contributed by atoms with Crippen LogP contribution in [0.4, 0.5) is 0 Å². The van der Waals surface area contributed by atoms with E-state index in [0.717, 1.165) is 10.1 Å². The predicted molar refractivity (Wildman–Crippen MR) is 42.6 cm³/mol. The maximum absolute atomic E-state index is 3.44. The smallest absolute Gasteiger partial charge is 0.247 e. The molecule has 0 atom stereocenters. The van der Waals surface area contributed by atoms with Crippen LogP contribution >= 0.6 is 15.9 Å². The molecular formula is C7H6BrN2+. The van der Waals surface area contributed by atoms with Crippen molar-refractivity contribution >= 4 is 27.0 Å². The fourth-order valence-electron chi connectivity index (χ4n) is 0.976. The topological polar surface area (TPSA) is 29.9 Å². The first-order valence-electron chi connectivity index (χ1n) is 3.01. The highest BCUT2D eigenvalue weighted by atomic mass is 79.9. The largest absolute Gasteiger partial charge is 0.285 e. The number of aromatic nitrogens is 2. The summed E-state index contributed by atoms with van der Waals surface area (Å²) in [6.07, 6.45) is 3.80. The van der Waals surface area contributed by atoms with Gasteiger partial charge in [0.2, 0.25) is 0 Å². The van der Waals surface area contributed by atoms with E-state index in [9.17, 15) is 0 Å². The zero-order chi connectivity index (χ0) is 6.97. The summed E-state index contributed by atoms with van der Waals surface area (Å²) < 4.78 is 1.11. The van der Waals surface area contributed by atoms with Gasteiger partial charge in [0.25, 0.3) is 5.65 Å². The minimum Gasteiger partial charge on any atom is -0.247 e. The van der Waals surface area contributed by atoms with E-state index in [0.29, 0.717) is 0 Å². The summed E-state index contributed by atoms with van der Waals surface area (Å²) in [4.78, 5) is 6.16. The van der Waals surface area contributed by atoms with E-state index in [4.69, 9.17) is 0 Å². The summed E-state index contributed by atoms with van der Waals surface area (Å²) in [5, 5.41) is 1.18. The molecule has 0 aliphatic heterocycles. The van der Waals surface area contributed by atoms with Gasteiger partial charge >= 0.3 is 0 Å². The number of aromatic amines is 2. The first-order chi connectivity index (χ1) is 4.88. The first kappa shape index (κ1) is 5.92. The fraction of sp³-hybridized carbons (Fsp3) is 0. The number of fused-ring (bicyclic) bond motifs is 1. The van der Waals surface area contributed by atoms with Crippen LogP contribution in [-0.2, 0) is 0 Å². The number of rotatable bonds is 0. The van der Waals surface area contributed by atoms with Crippen molar-refractivity contribution in [3.63, 3.8) is 0 Å². The summed E-state index contributed by atoms with van der Waals surface area (Å²) in [5.41, 5.74) is 1.05. The van der Waals surface area contributed by atoms with Gasteiger partial charge in [0.05, 0.1) is 17.8 Å². The van der Waals surface area contributed by atoms with Crippen molar-refractivity contribution in [1.82, 2.24) is 4.98 Å². The van der Waals surface area contributed by atoms with Gasteiger partial charge in [-0.2, -0.15) is 0 Å². The quantitative estimate of drug-likeness (QED) is 0.668. The molecule has 0 amide bonds. The van der Waals surface area contributed by atoms with Crippen LogP contribution in [0, 0.1) is 0 Å². The molecule has 0 fully saturated rings. The molecule has 0 aliphatic rings. The molecule has 2 rings (SSSR count). The summed E-state index contributed by atoms with van der Waals surface area (Å²) in [6, 6.07) is 4.01. The van der Waals surface area contributed by atoms with Crippen molar-refractivity contribution in [1.29, 1.82) is 0 Å². The Hall–Kier alpha value is -0.830. The third kappa shape index (κ3) is 0.743. The summed E-state index contributed by atoms with van der Waals surface area (Å²) in [5.74, 6) is 0. The third-order valence-corrected chi connectivity index (χ3v) is 2.15. The molecule has 0 saturated heterocycles. The lowest BCUT2D eigenvalue weighted by Crippen LogP contribution is -2.00. The molecule has 50 valence electrons. The van der Waals surface area contributed by atoms with E-state index >= 15 is 0 Å². The Bertz CT molecular complexity index is 353. The molecule has 0 unspecified atom stereocenters. The highest BCUT2D eigenvalue weighted by Crippen LogP contribution is 2.18. The van der Waals surface area contributed by atoms with Crippen LogP contribution in [0.1, 0.15) is 0 Å². The van der Waals surface area contributed by atoms with Crippen LogP contribution in [-0.4, -0.2) is 4.98 Å². The van der Waals surface area contributed by atoms with Crippen LogP contribution in [0.5, 0.6) is 0 Å². The summed E-state index contributed by atoms with van der Waals surface area (Å²) >= 11 is 3.44. The second-order valence-electron chi connectivity index (χ2n) is 2.09. The maximum Gasteiger partial charge on any atom is 0.285 e. The summed E-state index contributed by atoms with van der Waals surface area (Å²) in [7, 11) is 0. The Balaban J connectivity index is 2.95. The average molecular weight is 198 g/mol. The predicted octanol–water partition coefficient (Wildman–Crippen LogP) is 1.74. The molecular weight excluding hydrogens is 192 g/mol. The lowest BCUT2D eigenvalue weighted by atomic mass is 10.3. The molecule has 2 nitrogen and oxygen atoms in total. The van der Waals surface area contributed by atoms with Gasteiger partial charge in [-0.3, -0.25) is 0 Å². The second kappa shape index (κ2) is 2.09. The van der Waals surface area contributed by atoms with Gasteiger partial charge in [-0.15, -0.1) is 0 Å². The highest BCUT2D eigenvalue weighted by molar-refractivity contribution is 9.10. The van der Waals surface area contributed by atoms with E-state index in [-0.39, 0.29) is 0 Å². The van der Waals surface area contributed by atoms with Crippen LogP contribution < -0.4 is 4.98 Å². The maximum atomic E-state index is 3.44. The molecule has 0 radical (unpaired) electrons. The van der Waals surface area contributed by atoms with Gasteiger partial charge < -0.3 is 0 Å². The molecule has 0 aromatic carbocycles. The zero-order valence-corrected chi connectivity index (χ0v) is 6.77. The Morgan fingerprint density at radius 3 is 3.10 bits per heavy atom. The SMILES string of the molecule is Brc1cc[nH+]c2[nH]ccc12. The Labute approximate surface area is 66.4 Å². The summed E-state index contributed by atoms with van der Waals surface area (Å²) in [6.45, 7) is 0. The monoisotopic (exact) mass is 197 g/mol. The molecule has 10 heavy (non-hydrogen) atoms. The third-order valence-electron chi connectivity index (χ3n) is 1.46. The van der Waals surface area contributed by atoms with Crippen molar-refractivity contribution in [3.05, 3.63) is 29.0 Å². The number of halogens is 1. The molecule has 2 aromatic rings. The molecule has 2 N–H and O–H groups in total. The first-order valence-corrected chi connectivity index (χ1v) is 3.80. The van der Waals surface area contributed by atoms with Crippen molar-refractivity contribution in [2.24, 2.45) is 0 Å². The van der Waals surface area contributed by atoms with E-state index in [1.807, 2.05) is 24.5 Å². The molecule has 0 spiro atoms. The van der Waals surface area contributed by atoms with Gasteiger partial charge in [-0.1, -0.05) is 0 Å². The van der Waals surface area contributed by atoms with Crippen LogP contribution in [0.3, 0.4) is 0 Å². The molecule has 0 bridgehead atoms.